The van der Waals surface area contributed by atoms with E-state index in [0.29, 0.717) is 35.7 Å². The van der Waals surface area contributed by atoms with E-state index in [0.717, 1.165) is 68.2 Å². The van der Waals surface area contributed by atoms with Crippen molar-refractivity contribution >= 4 is 163 Å². The Hall–Kier alpha value is -4.19. The van der Waals surface area contributed by atoms with E-state index >= 15 is 0 Å². The molecule has 20 nitrogen and oxygen atoms in total. The van der Waals surface area contributed by atoms with Crippen molar-refractivity contribution in [1.82, 2.24) is 69.2 Å². The zero-order valence-corrected chi connectivity index (χ0v) is 47.9. The lowest BCUT2D eigenvalue weighted by atomic mass is 10.0. The van der Waals surface area contributed by atoms with Gasteiger partial charge in [-0.05, 0) is 97.9 Å². The summed E-state index contributed by atoms with van der Waals surface area (Å²) in [6.07, 6.45) is 7.27. The molecule has 2 unspecified atom stereocenters. The third kappa shape index (κ3) is 18.8. The molecule has 416 valence electrons. The molecule has 0 radical (unpaired) electrons. The van der Waals surface area contributed by atoms with Crippen LogP contribution >= 0.6 is 96.8 Å². The lowest BCUT2D eigenvalue weighted by molar-refractivity contribution is -0.143. The van der Waals surface area contributed by atoms with E-state index in [1.807, 2.05) is 61.3 Å². The van der Waals surface area contributed by atoms with Crippen molar-refractivity contribution in [3.63, 3.8) is 0 Å². The van der Waals surface area contributed by atoms with Crippen LogP contribution in [0.2, 0.25) is 0 Å². The number of carbonyl (C=O) groups excluding carboxylic acids is 6. The second kappa shape index (κ2) is 33.8. The highest BCUT2D eigenvalue weighted by atomic mass is 32.2. The minimum absolute atomic E-state index is 0. The molecule has 8 amide bonds. The van der Waals surface area contributed by atoms with Crippen LogP contribution in [-0.4, -0.2) is 241 Å². The first-order valence-electron chi connectivity index (χ1n) is 22.2. The zero-order chi connectivity index (χ0) is 52.7. The van der Waals surface area contributed by atoms with Crippen molar-refractivity contribution in [2.24, 2.45) is 18.9 Å². The van der Waals surface area contributed by atoms with Gasteiger partial charge in [-0.2, -0.15) is 0 Å². The van der Waals surface area contributed by atoms with E-state index in [1.165, 1.54) is 54.7 Å². The van der Waals surface area contributed by atoms with Crippen LogP contribution in [0.4, 0.5) is 9.59 Å². The van der Waals surface area contributed by atoms with E-state index in [1.54, 1.807) is 50.9 Å². The fourth-order valence-electron chi connectivity index (χ4n) is 6.79. The lowest BCUT2D eigenvalue weighted by Gasteiger charge is -2.28. The van der Waals surface area contributed by atoms with Crippen LogP contribution in [-0.2, 0) is 26.2 Å². The number of likely N-dealkylation sites (N-methyl/N-ethyl adjacent to an activating group) is 10. The monoisotopic (exact) mass is 1180 g/mol. The van der Waals surface area contributed by atoms with Gasteiger partial charge in [0.2, 0.25) is 17.7 Å². The quantitative estimate of drug-likeness (QED) is 0.191. The van der Waals surface area contributed by atoms with Gasteiger partial charge in [0.1, 0.15) is 27.8 Å². The predicted molar refractivity (Wildman–Crippen MR) is 325 cm³/mol. The second-order valence-electron chi connectivity index (χ2n) is 15.9. The van der Waals surface area contributed by atoms with Crippen molar-refractivity contribution in [3.05, 3.63) is 28.3 Å². The number of aromatic nitrogens is 4. The zero-order valence-electron chi connectivity index (χ0n) is 41.3. The Balaban J connectivity index is 0. The highest BCUT2D eigenvalue weighted by molar-refractivity contribution is 8.03. The molecule has 28 heteroatoms. The summed E-state index contributed by atoms with van der Waals surface area (Å²) in [7, 11) is 12.1. The highest BCUT2D eigenvalue weighted by Crippen LogP contribution is 2.40. The Labute approximate surface area is 480 Å². The fourth-order valence-corrected chi connectivity index (χ4v) is 11.1. The molecule has 6 saturated heterocycles. The van der Waals surface area contributed by atoms with Crippen LogP contribution in [0, 0.1) is 11.8 Å². The van der Waals surface area contributed by atoms with E-state index in [9.17, 15) is 28.8 Å². The summed E-state index contributed by atoms with van der Waals surface area (Å²) >= 11 is 34.1. The van der Waals surface area contributed by atoms with Gasteiger partial charge in [-0.25, -0.2) is 14.3 Å². The molecular formula is C46H78N14O6S8. The van der Waals surface area contributed by atoms with Gasteiger partial charge in [-0.3, -0.25) is 38.8 Å². The molecule has 0 aromatic carbocycles. The molecule has 1 aromatic rings. The average Bonchev–Trinajstić information content (AvgIpc) is 4.25. The van der Waals surface area contributed by atoms with Gasteiger partial charge >= 0.3 is 12.1 Å². The topological polar surface area (TPSA) is 178 Å². The number of aryl methyl sites for hydroxylation is 1. The summed E-state index contributed by atoms with van der Waals surface area (Å²) in [5.41, 5.74) is 0. The van der Waals surface area contributed by atoms with Gasteiger partial charge in [0.15, 0.2) is 10.2 Å². The first-order valence-corrected chi connectivity index (χ1v) is 26.6. The largest absolute Gasteiger partial charge is 0.342 e. The number of thiocarbonyl (C=S) groups is 6. The van der Waals surface area contributed by atoms with Crippen molar-refractivity contribution in [1.29, 1.82) is 0 Å². The summed E-state index contributed by atoms with van der Waals surface area (Å²) in [5.74, 6) is 2.37. The summed E-state index contributed by atoms with van der Waals surface area (Å²) in [4.78, 5) is 88.7. The second-order valence-corrected chi connectivity index (χ2v) is 20.8. The summed E-state index contributed by atoms with van der Waals surface area (Å²) in [6.45, 7) is 13.1. The van der Waals surface area contributed by atoms with Crippen LogP contribution in [0.1, 0.15) is 70.2 Å². The molecule has 9 rings (SSSR count). The Morgan fingerprint density at radius 3 is 1.30 bits per heavy atom. The first-order chi connectivity index (χ1) is 32.9. The molecule has 8 aliphatic heterocycles. The summed E-state index contributed by atoms with van der Waals surface area (Å²) in [5, 5.41) is 11.7. The smallest absolute Gasteiger partial charge is 0.326 e. The maximum Gasteiger partial charge on any atom is 0.326 e. The summed E-state index contributed by atoms with van der Waals surface area (Å²) < 4.78 is 1.53. The van der Waals surface area contributed by atoms with Gasteiger partial charge in [-0.15, -0.1) is 28.6 Å². The third-order valence-electron chi connectivity index (χ3n) is 11.5. The number of amides is 8. The van der Waals surface area contributed by atoms with Crippen LogP contribution in [0.3, 0.4) is 0 Å². The number of thioether (sulfide) groups is 2. The van der Waals surface area contributed by atoms with Gasteiger partial charge in [0.25, 0.3) is 5.91 Å². The van der Waals surface area contributed by atoms with E-state index in [4.69, 9.17) is 73.3 Å². The molecule has 0 aliphatic carbocycles. The van der Waals surface area contributed by atoms with E-state index in [-0.39, 0.29) is 77.9 Å². The Kier molecular flexibility index (Phi) is 32.8. The average molecular weight is 1180 g/mol. The number of carbonyl (C=O) groups is 6. The maximum absolute atomic E-state index is 11.5. The van der Waals surface area contributed by atoms with Gasteiger partial charge in [0.05, 0.1) is 30.5 Å². The standard InChI is InChI=1S/C8H9NO2S.C8H9NS3.C6H10N2O2.2C6H10N2OS.C6H10N2S2.C2H4N4.4CH4/c2*1-9-7(10)4-6-5(8(9)11)2-3-12-6;1-3-8-4-5(9)7(2)6(8)10;1-3-8-4-5(10)7(2)6(8)9;2*1-3-8-4-5(9)7(2)6(8)10;1-6-2-3-4-5-6;;;;/h2*4-5H,2-3H2,1H3;4*3-4H2,1-2H3;2H,1H3;4*1H4. The third-order valence-corrected chi connectivity index (χ3v) is 16.7. The Morgan fingerprint density at radius 2 is 0.959 bits per heavy atom. The van der Waals surface area contributed by atoms with Crippen LogP contribution in [0.15, 0.2) is 28.3 Å². The number of urea groups is 2. The number of nitrogens with zero attached hydrogens (tertiary/aromatic N) is 14. The van der Waals surface area contributed by atoms with Gasteiger partial charge < -0.3 is 29.4 Å². The summed E-state index contributed by atoms with van der Waals surface area (Å²) in [6, 6.07) is -0.167. The molecule has 0 saturated carbocycles. The molecule has 2 atom stereocenters. The molecule has 74 heavy (non-hydrogen) atoms. The normalized spacial score (nSPS) is 20.4. The molecular weight excluding hydrogens is 1100 g/mol. The van der Waals surface area contributed by atoms with Crippen LogP contribution in [0.25, 0.3) is 0 Å². The van der Waals surface area contributed by atoms with Gasteiger partial charge in [-0.1, -0.05) is 78.6 Å². The number of tetrazole rings is 1. The van der Waals surface area contributed by atoms with E-state index < -0.39 is 0 Å². The van der Waals surface area contributed by atoms with Gasteiger partial charge in [0, 0.05) is 92.4 Å². The molecule has 0 bridgehead atoms. The van der Waals surface area contributed by atoms with Crippen LogP contribution in [0.5, 0.6) is 0 Å². The Morgan fingerprint density at radius 1 is 0.527 bits per heavy atom. The number of rotatable bonds is 4. The molecule has 8 aliphatic rings. The lowest BCUT2D eigenvalue weighted by Crippen LogP contribution is -2.39. The van der Waals surface area contributed by atoms with Crippen molar-refractivity contribution in [2.75, 3.05) is 106 Å². The number of imide groups is 2. The minimum atomic E-state index is -0.187. The molecule has 0 spiro atoms. The molecule has 1 aromatic heterocycles. The highest BCUT2D eigenvalue weighted by Gasteiger charge is 2.37. The van der Waals surface area contributed by atoms with Crippen molar-refractivity contribution in [2.45, 2.75) is 70.2 Å². The first kappa shape index (κ1) is 71.9. The van der Waals surface area contributed by atoms with Crippen LogP contribution < -0.4 is 0 Å². The Bertz CT molecular complexity index is 2050. The number of hydrogen-bond donors (Lipinski definition) is 0. The predicted octanol–water partition coefficient (Wildman–Crippen LogP) is 6.13. The SMILES string of the molecule is C.C.C.C.CCN1CC(=O)N(C)C1=O.CCN1CC(=O)N(C)C1=S.CCN1CC(=S)N(C)C1=O.CCN1CC(=S)N(C)C1=S.CN1C(=O)C=C2SCCC2C1=O.CN1C(=S)C=C2SCCC2C1=S.Cn1cnnn1. The molecule has 9 heterocycles. The van der Waals surface area contributed by atoms with Crippen molar-refractivity contribution < 1.29 is 28.8 Å². The molecule has 0 N–H and O–H groups in total. The molecule has 6 fully saturated rings. The maximum atomic E-state index is 11.5. The number of fused-ring (bicyclic) bond motifs is 2. The fraction of sp³-hybridized carbons (Fsp3) is 0.630. The van der Waals surface area contributed by atoms with E-state index in [2.05, 4.69) is 33.4 Å². The number of hydrogen-bond acceptors (Lipinski definition) is 17. The van der Waals surface area contributed by atoms with Crippen molar-refractivity contribution in [3.8, 4) is 0 Å². The minimum Gasteiger partial charge on any atom is -0.342 e.